The van der Waals surface area contributed by atoms with Gasteiger partial charge in [0.05, 0.1) is 11.8 Å². The minimum atomic E-state index is -0.674. The third kappa shape index (κ3) is 2.42. The van der Waals surface area contributed by atoms with E-state index in [1.165, 1.54) is 0 Å². The van der Waals surface area contributed by atoms with Gasteiger partial charge in [-0.1, -0.05) is 0 Å². The van der Waals surface area contributed by atoms with Crippen molar-refractivity contribution in [3.8, 4) is 0 Å². The van der Waals surface area contributed by atoms with E-state index in [9.17, 15) is 4.79 Å². The first-order chi connectivity index (χ1) is 5.26. The second-order valence-corrected chi connectivity index (χ2v) is 2.89. The van der Waals surface area contributed by atoms with E-state index in [1.807, 2.05) is 0 Å². The minimum Gasteiger partial charge on any atom is -0.430 e. The number of cyclic esters (lactones) is 2. The molecule has 0 N–H and O–H groups in total. The quantitative estimate of drug-likeness (QED) is 0.502. The summed E-state index contributed by atoms with van der Waals surface area (Å²) >= 11 is 11.0. The summed E-state index contributed by atoms with van der Waals surface area (Å²) in [4.78, 5) is 10.6. The molecule has 3 nitrogen and oxygen atoms in total. The summed E-state index contributed by atoms with van der Waals surface area (Å²) in [7, 11) is 0. The Labute approximate surface area is 74.6 Å². The van der Waals surface area contributed by atoms with E-state index in [2.05, 4.69) is 0 Å². The summed E-state index contributed by atoms with van der Waals surface area (Å²) in [6, 6.07) is 0. The first kappa shape index (κ1) is 8.94. The maximum atomic E-state index is 10.6. The zero-order valence-electron chi connectivity index (χ0n) is 5.76. The molecular formula is C6H8Cl2O3. The fourth-order valence-electron chi connectivity index (χ4n) is 0.878. The van der Waals surface area contributed by atoms with Gasteiger partial charge in [0, 0.05) is 6.42 Å². The molecule has 0 spiro atoms. The molecule has 1 fully saturated rings. The number of hydrogen-bond donors (Lipinski definition) is 0. The highest BCUT2D eigenvalue weighted by molar-refractivity contribution is 6.18. The normalized spacial score (nSPS) is 30.9. The van der Waals surface area contributed by atoms with E-state index in [0.29, 0.717) is 18.2 Å². The fourth-order valence-corrected chi connectivity index (χ4v) is 1.26. The molecular weight excluding hydrogens is 191 g/mol. The van der Waals surface area contributed by atoms with Gasteiger partial charge in [0.25, 0.3) is 0 Å². The Balaban J connectivity index is 2.43. The van der Waals surface area contributed by atoms with Gasteiger partial charge in [0.1, 0.15) is 12.2 Å². The van der Waals surface area contributed by atoms with Crippen molar-refractivity contribution in [3.05, 3.63) is 0 Å². The largest absolute Gasteiger partial charge is 0.508 e. The van der Waals surface area contributed by atoms with Crippen LogP contribution in [0.4, 0.5) is 4.79 Å². The highest BCUT2D eigenvalue weighted by Gasteiger charge is 2.28. The van der Waals surface area contributed by atoms with Crippen molar-refractivity contribution >= 4 is 29.4 Å². The lowest BCUT2D eigenvalue weighted by Crippen LogP contribution is -2.36. The molecule has 0 bridgehead atoms. The average Bonchev–Trinajstić information content (AvgIpc) is 2.03. The highest BCUT2D eigenvalue weighted by atomic mass is 35.5. The van der Waals surface area contributed by atoms with Gasteiger partial charge in [-0.2, -0.15) is 0 Å². The summed E-state index contributed by atoms with van der Waals surface area (Å²) in [6.45, 7) is 0. The fraction of sp³-hybridized carbons (Fsp3) is 0.833. The van der Waals surface area contributed by atoms with Crippen LogP contribution in [0, 0.1) is 0 Å². The summed E-state index contributed by atoms with van der Waals surface area (Å²) in [5, 5.41) is 0. The molecule has 1 aliphatic heterocycles. The van der Waals surface area contributed by atoms with Gasteiger partial charge >= 0.3 is 6.16 Å². The summed E-state index contributed by atoms with van der Waals surface area (Å²) in [5.41, 5.74) is 0. The standard InChI is InChI=1S/C6H8Cl2O3/c7-2-4-1-5(3-8)11-6(9)10-4/h4-5H,1-3H2/t4-,5-/m1/s1. The molecule has 1 aliphatic rings. The second kappa shape index (κ2) is 4.02. The van der Waals surface area contributed by atoms with Crippen LogP contribution < -0.4 is 0 Å². The van der Waals surface area contributed by atoms with Crippen LogP contribution in [0.5, 0.6) is 0 Å². The van der Waals surface area contributed by atoms with Crippen LogP contribution in [0.3, 0.4) is 0 Å². The van der Waals surface area contributed by atoms with Crippen molar-refractivity contribution in [1.29, 1.82) is 0 Å². The topological polar surface area (TPSA) is 35.5 Å². The first-order valence-corrected chi connectivity index (χ1v) is 4.32. The summed E-state index contributed by atoms with van der Waals surface area (Å²) < 4.78 is 9.43. The molecule has 0 radical (unpaired) electrons. The van der Waals surface area contributed by atoms with Gasteiger partial charge in [-0.25, -0.2) is 4.79 Å². The molecule has 0 saturated carbocycles. The second-order valence-electron chi connectivity index (χ2n) is 2.27. The Morgan fingerprint density at radius 3 is 2.09 bits per heavy atom. The van der Waals surface area contributed by atoms with Gasteiger partial charge in [-0.05, 0) is 0 Å². The Morgan fingerprint density at radius 2 is 1.73 bits per heavy atom. The molecule has 0 amide bonds. The van der Waals surface area contributed by atoms with E-state index in [0.717, 1.165) is 0 Å². The molecule has 1 rings (SSSR count). The molecule has 0 aromatic heterocycles. The Bertz CT molecular complexity index is 137. The van der Waals surface area contributed by atoms with Crippen molar-refractivity contribution < 1.29 is 14.3 Å². The average molecular weight is 199 g/mol. The van der Waals surface area contributed by atoms with E-state index >= 15 is 0 Å². The van der Waals surface area contributed by atoms with Crippen molar-refractivity contribution in [1.82, 2.24) is 0 Å². The first-order valence-electron chi connectivity index (χ1n) is 3.25. The third-order valence-corrected chi connectivity index (χ3v) is 2.08. The number of ether oxygens (including phenoxy) is 2. The molecule has 1 heterocycles. The van der Waals surface area contributed by atoms with Crippen LogP contribution in [0.2, 0.25) is 0 Å². The van der Waals surface area contributed by atoms with Crippen LogP contribution in [-0.4, -0.2) is 30.1 Å². The van der Waals surface area contributed by atoms with Gasteiger partial charge < -0.3 is 9.47 Å². The van der Waals surface area contributed by atoms with Gasteiger partial charge in [0.2, 0.25) is 0 Å². The SMILES string of the molecule is O=C1O[C@@H](CCl)C[C@H](CCl)O1. The van der Waals surface area contributed by atoms with E-state index in [1.54, 1.807) is 0 Å². The van der Waals surface area contributed by atoms with Crippen molar-refractivity contribution in [2.75, 3.05) is 11.8 Å². The monoisotopic (exact) mass is 198 g/mol. The molecule has 0 unspecified atom stereocenters. The Kier molecular flexibility index (Phi) is 3.27. The lowest BCUT2D eigenvalue weighted by atomic mass is 10.2. The van der Waals surface area contributed by atoms with E-state index in [-0.39, 0.29) is 12.2 Å². The summed E-state index contributed by atoms with van der Waals surface area (Å²) in [6.07, 6.45) is -0.588. The molecule has 11 heavy (non-hydrogen) atoms. The number of rotatable bonds is 2. The number of hydrogen-bond acceptors (Lipinski definition) is 3. The lowest BCUT2D eigenvalue weighted by Gasteiger charge is -2.26. The number of carbonyl (C=O) groups excluding carboxylic acids is 1. The van der Waals surface area contributed by atoms with E-state index < -0.39 is 6.16 Å². The van der Waals surface area contributed by atoms with Crippen molar-refractivity contribution in [2.24, 2.45) is 0 Å². The zero-order valence-corrected chi connectivity index (χ0v) is 7.27. The molecule has 1 saturated heterocycles. The highest BCUT2D eigenvalue weighted by Crippen LogP contribution is 2.16. The van der Waals surface area contributed by atoms with E-state index in [4.69, 9.17) is 32.7 Å². The number of halogens is 2. The zero-order chi connectivity index (χ0) is 8.27. The van der Waals surface area contributed by atoms with Crippen LogP contribution in [0.25, 0.3) is 0 Å². The maximum absolute atomic E-state index is 10.6. The predicted octanol–water partition coefficient (Wildman–Crippen LogP) is 1.76. The molecule has 0 aliphatic carbocycles. The minimum absolute atomic E-state index is 0.248. The van der Waals surface area contributed by atoms with Crippen LogP contribution in [0.1, 0.15) is 6.42 Å². The van der Waals surface area contributed by atoms with Gasteiger partial charge in [0.15, 0.2) is 0 Å². The molecule has 2 atom stereocenters. The maximum Gasteiger partial charge on any atom is 0.508 e. The third-order valence-electron chi connectivity index (χ3n) is 1.40. The lowest BCUT2D eigenvalue weighted by molar-refractivity contribution is -0.0451. The van der Waals surface area contributed by atoms with Gasteiger partial charge in [-0.15, -0.1) is 23.2 Å². The molecule has 64 valence electrons. The Hall–Kier alpha value is -0.150. The Morgan fingerprint density at radius 1 is 1.27 bits per heavy atom. The molecule has 0 aromatic rings. The van der Waals surface area contributed by atoms with Crippen LogP contribution in [0.15, 0.2) is 0 Å². The molecule has 0 aromatic carbocycles. The van der Waals surface area contributed by atoms with Crippen LogP contribution >= 0.6 is 23.2 Å². The van der Waals surface area contributed by atoms with Gasteiger partial charge in [-0.3, -0.25) is 0 Å². The summed E-state index contributed by atoms with van der Waals surface area (Å²) in [5.74, 6) is 0.588. The smallest absolute Gasteiger partial charge is 0.430 e. The van der Waals surface area contributed by atoms with Crippen LogP contribution in [-0.2, 0) is 9.47 Å². The molecule has 5 heteroatoms. The van der Waals surface area contributed by atoms with Crippen molar-refractivity contribution in [3.63, 3.8) is 0 Å². The number of carbonyl (C=O) groups is 1. The number of alkyl halides is 2. The predicted molar refractivity (Wildman–Crippen MR) is 41.2 cm³/mol. The van der Waals surface area contributed by atoms with Crippen molar-refractivity contribution in [2.45, 2.75) is 18.6 Å².